The van der Waals surface area contributed by atoms with Gasteiger partial charge in [-0.1, -0.05) is 31.2 Å². The molecule has 2 N–H and O–H groups in total. The van der Waals surface area contributed by atoms with Crippen molar-refractivity contribution in [2.24, 2.45) is 0 Å². The Morgan fingerprint density at radius 2 is 1.96 bits per heavy atom. The number of hydrogen-bond acceptors (Lipinski definition) is 5. The largest absolute Gasteiger partial charge is 0.380 e. The number of sulfone groups is 1. The van der Waals surface area contributed by atoms with Crippen LogP contribution in [0.4, 0.5) is 0 Å². The number of thiophene rings is 1. The fourth-order valence-electron chi connectivity index (χ4n) is 3.01. The van der Waals surface area contributed by atoms with Crippen LogP contribution in [0.5, 0.6) is 0 Å². The number of aliphatic hydroxyl groups is 1. The van der Waals surface area contributed by atoms with Crippen LogP contribution in [-0.2, 0) is 34.0 Å². The highest BCUT2D eigenvalue weighted by Gasteiger charge is 2.38. The van der Waals surface area contributed by atoms with E-state index in [-0.39, 0.29) is 12.3 Å². The van der Waals surface area contributed by atoms with Gasteiger partial charge in [0, 0.05) is 11.3 Å². The molecule has 0 radical (unpaired) electrons. The topological polar surface area (TPSA) is 83.5 Å². The molecule has 25 heavy (non-hydrogen) atoms. The van der Waals surface area contributed by atoms with Gasteiger partial charge >= 0.3 is 0 Å². The highest BCUT2D eigenvalue weighted by Crippen LogP contribution is 2.29. The van der Waals surface area contributed by atoms with Crippen LogP contribution in [0.1, 0.15) is 29.3 Å². The first-order valence-corrected chi connectivity index (χ1v) is 10.7. The number of carbonyl (C=O) groups is 1. The van der Waals surface area contributed by atoms with Crippen molar-refractivity contribution in [1.29, 1.82) is 0 Å². The van der Waals surface area contributed by atoms with Crippen LogP contribution in [0.2, 0.25) is 0 Å². The molecule has 1 amide bonds. The van der Waals surface area contributed by atoms with E-state index in [0.29, 0.717) is 23.5 Å². The van der Waals surface area contributed by atoms with E-state index in [9.17, 15) is 18.3 Å². The number of aryl methyl sites for hydroxylation is 1. The minimum atomic E-state index is -3.23. The molecule has 3 rings (SSSR count). The first kappa shape index (κ1) is 18.1. The Kier molecular flexibility index (Phi) is 4.99. The number of rotatable bonds is 5. The lowest BCUT2D eigenvalue weighted by Gasteiger charge is -2.32. The molecule has 2 aromatic rings. The first-order chi connectivity index (χ1) is 11.8. The van der Waals surface area contributed by atoms with Crippen LogP contribution < -0.4 is 5.32 Å². The van der Waals surface area contributed by atoms with Gasteiger partial charge in [-0.25, -0.2) is 8.42 Å². The SMILES string of the molecule is CCS(=O)(=O)c1ccc(CNC(=O)C2(O)CCc3ccccc3C2)s1. The van der Waals surface area contributed by atoms with E-state index < -0.39 is 21.3 Å². The van der Waals surface area contributed by atoms with Gasteiger partial charge in [-0.2, -0.15) is 0 Å². The molecule has 0 fully saturated rings. The molecule has 0 spiro atoms. The molecule has 1 atom stereocenters. The third kappa shape index (κ3) is 3.78. The number of nitrogens with one attached hydrogen (secondary N) is 1. The van der Waals surface area contributed by atoms with Gasteiger partial charge in [0.15, 0.2) is 9.84 Å². The first-order valence-electron chi connectivity index (χ1n) is 8.23. The molecule has 1 unspecified atom stereocenters. The number of carbonyl (C=O) groups excluding carboxylic acids is 1. The predicted octanol–water partition coefficient (Wildman–Crippen LogP) is 2.08. The van der Waals surface area contributed by atoms with Crippen LogP contribution in [0.3, 0.4) is 0 Å². The summed E-state index contributed by atoms with van der Waals surface area (Å²) < 4.78 is 24.0. The second-order valence-electron chi connectivity index (χ2n) is 6.28. The predicted molar refractivity (Wildman–Crippen MR) is 97.3 cm³/mol. The second kappa shape index (κ2) is 6.90. The average molecular weight is 380 g/mol. The summed E-state index contributed by atoms with van der Waals surface area (Å²) in [5, 5.41) is 13.5. The van der Waals surface area contributed by atoms with Crippen LogP contribution in [-0.4, -0.2) is 30.8 Å². The summed E-state index contributed by atoms with van der Waals surface area (Å²) >= 11 is 1.16. The molecule has 5 nitrogen and oxygen atoms in total. The van der Waals surface area contributed by atoms with Gasteiger partial charge in [0.05, 0.1) is 12.3 Å². The van der Waals surface area contributed by atoms with Crippen LogP contribution >= 0.6 is 11.3 Å². The van der Waals surface area contributed by atoms with E-state index in [1.54, 1.807) is 19.1 Å². The van der Waals surface area contributed by atoms with E-state index >= 15 is 0 Å². The van der Waals surface area contributed by atoms with Gasteiger partial charge < -0.3 is 10.4 Å². The number of hydrogen-bond donors (Lipinski definition) is 2. The number of amides is 1. The Hall–Kier alpha value is -1.70. The Bertz CT molecular complexity index is 888. The Balaban J connectivity index is 1.65. The van der Waals surface area contributed by atoms with Crippen LogP contribution in [0, 0.1) is 0 Å². The molecular weight excluding hydrogens is 358 g/mol. The smallest absolute Gasteiger partial charge is 0.252 e. The fourth-order valence-corrected chi connectivity index (χ4v) is 5.42. The lowest BCUT2D eigenvalue weighted by atomic mass is 9.80. The zero-order valence-electron chi connectivity index (χ0n) is 14.0. The lowest BCUT2D eigenvalue weighted by Crippen LogP contribution is -2.50. The molecule has 1 aliphatic rings. The lowest BCUT2D eigenvalue weighted by molar-refractivity contribution is -0.141. The van der Waals surface area contributed by atoms with Crippen molar-refractivity contribution >= 4 is 27.1 Å². The Morgan fingerprint density at radius 1 is 1.24 bits per heavy atom. The summed E-state index contributed by atoms with van der Waals surface area (Å²) in [5.74, 6) is -0.353. The van der Waals surface area contributed by atoms with Gasteiger partial charge in [-0.05, 0) is 36.1 Å². The van der Waals surface area contributed by atoms with Gasteiger partial charge in [-0.15, -0.1) is 11.3 Å². The summed E-state index contributed by atoms with van der Waals surface area (Å²) in [7, 11) is -3.23. The molecule has 1 heterocycles. The summed E-state index contributed by atoms with van der Waals surface area (Å²) in [6.07, 6.45) is 1.35. The third-order valence-electron chi connectivity index (χ3n) is 4.58. The molecule has 1 aromatic carbocycles. The van der Waals surface area contributed by atoms with E-state index in [2.05, 4.69) is 5.32 Å². The second-order valence-corrected chi connectivity index (χ2v) is 9.96. The van der Waals surface area contributed by atoms with Gasteiger partial charge in [0.1, 0.15) is 9.81 Å². The maximum Gasteiger partial charge on any atom is 0.252 e. The highest BCUT2D eigenvalue weighted by molar-refractivity contribution is 7.93. The monoisotopic (exact) mass is 379 g/mol. The van der Waals surface area contributed by atoms with E-state index in [0.717, 1.165) is 21.8 Å². The fraction of sp³-hybridized carbons (Fsp3) is 0.389. The van der Waals surface area contributed by atoms with Crippen molar-refractivity contribution in [2.45, 2.75) is 42.5 Å². The molecular formula is C18H21NO4S2. The molecule has 0 saturated carbocycles. The van der Waals surface area contributed by atoms with Crippen molar-refractivity contribution in [3.8, 4) is 0 Å². The van der Waals surface area contributed by atoms with Crippen molar-refractivity contribution in [3.05, 3.63) is 52.4 Å². The maximum atomic E-state index is 12.5. The van der Waals surface area contributed by atoms with Crippen LogP contribution in [0.25, 0.3) is 0 Å². The van der Waals surface area contributed by atoms with Crippen molar-refractivity contribution in [2.75, 3.05) is 5.75 Å². The molecule has 134 valence electrons. The normalized spacial score (nSPS) is 20.1. The average Bonchev–Trinajstić information content (AvgIpc) is 3.09. The maximum absolute atomic E-state index is 12.5. The molecule has 7 heteroatoms. The molecule has 1 aliphatic carbocycles. The van der Waals surface area contributed by atoms with Gasteiger partial charge in [-0.3, -0.25) is 4.79 Å². The van der Waals surface area contributed by atoms with E-state index in [1.165, 1.54) is 5.56 Å². The number of benzene rings is 1. The Morgan fingerprint density at radius 3 is 2.68 bits per heavy atom. The van der Waals surface area contributed by atoms with Gasteiger partial charge in [0.2, 0.25) is 0 Å². The molecule has 0 saturated heterocycles. The van der Waals surface area contributed by atoms with E-state index in [4.69, 9.17) is 0 Å². The summed E-state index contributed by atoms with van der Waals surface area (Å²) in [6.45, 7) is 1.82. The quantitative estimate of drug-likeness (QED) is 0.833. The number of fused-ring (bicyclic) bond motifs is 1. The van der Waals surface area contributed by atoms with Crippen molar-refractivity contribution in [1.82, 2.24) is 5.32 Å². The van der Waals surface area contributed by atoms with Crippen LogP contribution in [0.15, 0.2) is 40.6 Å². The molecule has 0 bridgehead atoms. The van der Waals surface area contributed by atoms with Crippen molar-refractivity contribution < 1.29 is 18.3 Å². The standard InChI is InChI=1S/C18H21NO4S2/c1-2-25(22,23)16-8-7-15(24-16)12-19-17(20)18(21)10-9-13-5-3-4-6-14(13)11-18/h3-8,21H,2,9-12H2,1H3,(H,19,20). The van der Waals surface area contributed by atoms with Crippen molar-refractivity contribution in [3.63, 3.8) is 0 Å². The minimum Gasteiger partial charge on any atom is -0.380 e. The summed E-state index contributed by atoms with van der Waals surface area (Å²) in [5.41, 5.74) is 0.760. The zero-order valence-corrected chi connectivity index (χ0v) is 15.6. The van der Waals surface area contributed by atoms with E-state index in [1.807, 2.05) is 24.3 Å². The summed E-state index contributed by atoms with van der Waals surface area (Å²) in [6, 6.07) is 11.1. The third-order valence-corrected chi connectivity index (χ3v) is 7.98. The Labute approximate surface area is 151 Å². The summed E-state index contributed by atoms with van der Waals surface area (Å²) in [4.78, 5) is 13.2. The minimum absolute atomic E-state index is 0.0540. The molecule has 0 aliphatic heterocycles. The zero-order chi connectivity index (χ0) is 18.1. The highest BCUT2D eigenvalue weighted by atomic mass is 32.2. The molecule has 1 aromatic heterocycles. The van der Waals surface area contributed by atoms with Gasteiger partial charge in [0.25, 0.3) is 5.91 Å².